The Labute approximate surface area is 130 Å². The van der Waals surface area contributed by atoms with Crippen molar-refractivity contribution in [1.82, 2.24) is 9.36 Å². The highest BCUT2D eigenvalue weighted by molar-refractivity contribution is 9.10. The molecule has 2 aromatic rings. The van der Waals surface area contributed by atoms with Gasteiger partial charge in [0, 0.05) is 27.5 Å². The Hall–Kier alpha value is -1.27. The van der Waals surface area contributed by atoms with Gasteiger partial charge >= 0.3 is 0 Å². The van der Waals surface area contributed by atoms with Gasteiger partial charge in [0.25, 0.3) is 0 Å². The lowest BCUT2D eigenvalue weighted by Gasteiger charge is -2.10. The standard InChI is InChI=1S/C14H16BrN3OS/c1-3-9(4-2)13(19)17-14-16-12(18-20-14)10-5-7-11(15)8-6-10/h5-9H,3-4H2,1-2H3,(H,16,17,18,19). The second-order valence-corrected chi connectivity index (χ2v) is 6.10. The van der Waals surface area contributed by atoms with Crippen molar-refractivity contribution in [3.63, 3.8) is 0 Å². The molecule has 0 atom stereocenters. The van der Waals surface area contributed by atoms with E-state index in [-0.39, 0.29) is 11.8 Å². The minimum absolute atomic E-state index is 0.0218. The lowest BCUT2D eigenvalue weighted by Crippen LogP contribution is -2.21. The number of nitrogens with zero attached hydrogens (tertiary/aromatic N) is 2. The van der Waals surface area contributed by atoms with Crippen LogP contribution < -0.4 is 5.32 Å². The highest BCUT2D eigenvalue weighted by Crippen LogP contribution is 2.23. The van der Waals surface area contributed by atoms with Crippen LogP contribution in [0.3, 0.4) is 0 Å². The molecule has 1 heterocycles. The van der Waals surface area contributed by atoms with Crippen molar-refractivity contribution >= 4 is 38.5 Å². The number of halogens is 1. The molecule has 0 saturated heterocycles. The maximum atomic E-state index is 12.0. The fraction of sp³-hybridized carbons (Fsp3) is 0.357. The smallest absolute Gasteiger partial charge is 0.229 e. The maximum absolute atomic E-state index is 12.0. The van der Waals surface area contributed by atoms with Gasteiger partial charge in [-0.3, -0.25) is 4.79 Å². The highest BCUT2D eigenvalue weighted by Gasteiger charge is 2.16. The molecule has 0 spiro atoms. The van der Waals surface area contributed by atoms with Crippen LogP contribution in [0, 0.1) is 5.92 Å². The van der Waals surface area contributed by atoms with Crippen LogP contribution in [-0.2, 0) is 4.79 Å². The Bertz CT molecular complexity index is 578. The van der Waals surface area contributed by atoms with Gasteiger partial charge in [-0.2, -0.15) is 9.36 Å². The van der Waals surface area contributed by atoms with Gasteiger partial charge in [-0.05, 0) is 25.0 Å². The van der Waals surface area contributed by atoms with Crippen molar-refractivity contribution < 1.29 is 4.79 Å². The van der Waals surface area contributed by atoms with Crippen molar-refractivity contribution in [1.29, 1.82) is 0 Å². The van der Waals surface area contributed by atoms with Crippen molar-refractivity contribution in [3.05, 3.63) is 28.7 Å². The molecule has 0 aliphatic heterocycles. The van der Waals surface area contributed by atoms with Crippen LogP contribution in [-0.4, -0.2) is 15.3 Å². The first-order valence-corrected chi connectivity index (χ1v) is 8.11. The minimum atomic E-state index is 0.0218. The molecular weight excluding hydrogens is 338 g/mol. The first-order chi connectivity index (χ1) is 9.63. The quantitative estimate of drug-likeness (QED) is 0.869. The summed E-state index contributed by atoms with van der Waals surface area (Å²) in [5, 5.41) is 3.40. The SMILES string of the molecule is CCC(CC)C(=O)Nc1nc(-c2ccc(Br)cc2)ns1. The summed E-state index contributed by atoms with van der Waals surface area (Å²) < 4.78 is 5.29. The van der Waals surface area contributed by atoms with E-state index in [1.165, 1.54) is 11.5 Å². The van der Waals surface area contributed by atoms with Gasteiger partial charge in [0.15, 0.2) is 5.82 Å². The number of nitrogens with one attached hydrogen (secondary N) is 1. The summed E-state index contributed by atoms with van der Waals surface area (Å²) in [6.45, 7) is 4.03. The number of amides is 1. The largest absolute Gasteiger partial charge is 0.300 e. The molecule has 1 N–H and O–H groups in total. The summed E-state index contributed by atoms with van der Waals surface area (Å²) in [5.41, 5.74) is 0.937. The van der Waals surface area contributed by atoms with Crippen LogP contribution >= 0.6 is 27.5 Å². The van der Waals surface area contributed by atoms with Crippen molar-refractivity contribution in [2.24, 2.45) is 5.92 Å². The normalized spacial score (nSPS) is 10.8. The average molecular weight is 354 g/mol. The van der Waals surface area contributed by atoms with E-state index in [1.807, 2.05) is 38.1 Å². The molecule has 6 heteroatoms. The van der Waals surface area contributed by atoms with Crippen LogP contribution in [0.1, 0.15) is 26.7 Å². The predicted octanol–water partition coefficient (Wildman–Crippen LogP) is 4.34. The van der Waals surface area contributed by atoms with E-state index < -0.39 is 0 Å². The lowest BCUT2D eigenvalue weighted by atomic mass is 10.0. The number of carbonyl (C=O) groups excluding carboxylic acids is 1. The van der Waals surface area contributed by atoms with E-state index >= 15 is 0 Å². The molecule has 0 unspecified atom stereocenters. The van der Waals surface area contributed by atoms with Gasteiger partial charge < -0.3 is 5.32 Å². The van der Waals surface area contributed by atoms with E-state index in [2.05, 4.69) is 30.6 Å². The molecule has 0 aliphatic rings. The summed E-state index contributed by atoms with van der Waals surface area (Å²) >= 11 is 4.60. The van der Waals surface area contributed by atoms with Crippen LogP contribution in [0.15, 0.2) is 28.7 Å². The summed E-state index contributed by atoms with van der Waals surface area (Å²) in [5.74, 6) is 0.700. The molecule has 0 radical (unpaired) electrons. The second kappa shape index (κ2) is 6.95. The summed E-state index contributed by atoms with van der Waals surface area (Å²) in [6, 6.07) is 7.77. The van der Waals surface area contributed by atoms with E-state index in [1.54, 1.807) is 0 Å². The minimum Gasteiger partial charge on any atom is -0.300 e. The van der Waals surface area contributed by atoms with E-state index in [0.29, 0.717) is 11.0 Å². The Balaban J connectivity index is 2.09. The van der Waals surface area contributed by atoms with E-state index in [0.717, 1.165) is 22.9 Å². The summed E-state index contributed by atoms with van der Waals surface area (Å²) in [4.78, 5) is 16.3. The molecule has 4 nitrogen and oxygen atoms in total. The first-order valence-electron chi connectivity index (χ1n) is 6.54. The zero-order chi connectivity index (χ0) is 14.5. The number of rotatable bonds is 5. The number of aromatic nitrogens is 2. The van der Waals surface area contributed by atoms with E-state index in [9.17, 15) is 4.79 Å². The van der Waals surface area contributed by atoms with Crippen LogP contribution in [0.5, 0.6) is 0 Å². The van der Waals surface area contributed by atoms with Gasteiger partial charge in [0.2, 0.25) is 11.0 Å². The summed E-state index contributed by atoms with van der Waals surface area (Å²) in [7, 11) is 0. The van der Waals surface area contributed by atoms with Gasteiger partial charge in [-0.25, -0.2) is 0 Å². The molecule has 2 rings (SSSR count). The van der Waals surface area contributed by atoms with Gasteiger partial charge in [0.05, 0.1) is 0 Å². The molecule has 1 aromatic heterocycles. The Morgan fingerprint density at radius 1 is 1.30 bits per heavy atom. The predicted molar refractivity (Wildman–Crippen MR) is 85.7 cm³/mol. The molecule has 0 saturated carbocycles. The van der Waals surface area contributed by atoms with Crippen molar-refractivity contribution in [3.8, 4) is 11.4 Å². The third kappa shape index (κ3) is 3.64. The van der Waals surface area contributed by atoms with Crippen LogP contribution in [0.25, 0.3) is 11.4 Å². The zero-order valence-corrected chi connectivity index (χ0v) is 13.8. The van der Waals surface area contributed by atoms with Crippen molar-refractivity contribution in [2.45, 2.75) is 26.7 Å². The van der Waals surface area contributed by atoms with Crippen LogP contribution in [0.2, 0.25) is 0 Å². The average Bonchev–Trinajstić information content (AvgIpc) is 2.89. The third-order valence-electron chi connectivity index (χ3n) is 3.11. The van der Waals surface area contributed by atoms with Crippen LogP contribution in [0.4, 0.5) is 5.13 Å². The number of anilines is 1. The monoisotopic (exact) mass is 353 g/mol. The first kappa shape index (κ1) is 15.1. The molecular formula is C14H16BrN3OS. The molecule has 0 fully saturated rings. The number of hydrogen-bond acceptors (Lipinski definition) is 4. The fourth-order valence-electron chi connectivity index (χ4n) is 1.86. The Morgan fingerprint density at radius 3 is 2.55 bits per heavy atom. The third-order valence-corrected chi connectivity index (χ3v) is 4.27. The van der Waals surface area contributed by atoms with Gasteiger partial charge in [-0.15, -0.1) is 0 Å². The Morgan fingerprint density at radius 2 is 1.95 bits per heavy atom. The maximum Gasteiger partial charge on any atom is 0.229 e. The lowest BCUT2D eigenvalue weighted by molar-refractivity contribution is -0.120. The van der Waals surface area contributed by atoms with E-state index in [4.69, 9.17) is 0 Å². The zero-order valence-electron chi connectivity index (χ0n) is 11.4. The molecule has 20 heavy (non-hydrogen) atoms. The van der Waals surface area contributed by atoms with Crippen molar-refractivity contribution in [2.75, 3.05) is 5.32 Å². The van der Waals surface area contributed by atoms with Gasteiger partial charge in [0.1, 0.15) is 0 Å². The number of benzene rings is 1. The molecule has 1 amide bonds. The topological polar surface area (TPSA) is 54.9 Å². The second-order valence-electron chi connectivity index (χ2n) is 4.43. The highest BCUT2D eigenvalue weighted by atomic mass is 79.9. The number of carbonyl (C=O) groups is 1. The molecule has 0 bridgehead atoms. The Kier molecular flexibility index (Phi) is 5.25. The number of hydrogen-bond donors (Lipinski definition) is 1. The molecule has 1 aromatic carbocycles. The molecule has 106 valence electrons. The summed E-state index contributed by atoms with van der Waals surface area (Å²) in [6.07, 6.45) is 1.67. The fourth-order valence-corrected chi connectivity index (χ4v) is 2.71. The molecule has 0 aliphatic carbocycles. The van der Waals surface area contributed by atoms with Gasteiger partial charge in [-0.1, -0.05) is 41.9 Å².